The predicted octanol–water partition coefficient (Wildman–Crippen LogP) is 3.12. The number of rotatable bonds is 8. The minimum Gasteiger partial charge on any atom is -0.497 e. The quantitative estimate of drug-likeness (QED) is 0.484. The van der Waals surface area contributed by atoms with Gasteiger partial charge in [0.25, 0.3) is 5.91 Å². The molecule has 2 amide bonds. The summed E-state index contributed by atoms with van der Waals surface area (Å²) in [6, 6.07) is 14.0. The molecule has 10 heteroatoms. The summed E-state index contributed by atoms with van der Waals surface area (Å²) >= 11 is 2.59. The van der Waals surface area contributed by atoms with Crippen molar-refractivity contribution in [3.63, 3.8) is 0 Å². The van der Waals surface area contributed by atoms with Gasteiger partial charge in [0.2, 0.25) is 11.0 Å². The first-order valence-corrected chi connectivity index (χ1v) is 9.91. The van der Waals surface area contributed by atoms with E-state index >= 15 is 0 Å². The van der Waals surface area contributed by atoms with Gasteiger partial charge in [0.15, 0.2) is 4.34 Å². The van der Waals surface area contributed by atoms with Crippen LogP contribution in [0.15, 0.2) is 52.9 Å². The van der Waals surface area contributed by atoms with Crippen molar-refractivity contribution in [2.75, 3.05) is 23.5 Å². The second-order valence-electron chi connectivity index (χ2n) is 5.48. The minimum absolute atomic E-state index is 0.126. The number of benzene rings is 2. The van der Waals surface area contributed by atoms with Gasteiger partial charge in [0.1, 0.15) is 5.75 Å². The van der Waals surface area contributed by atoms with Crippen LogP contribution in [-0.2, 0) is 4.79 Å². The van der Waals surface area contributed by atoms with E-state index in [2.05, 4.69) is 20.8 Å². The number of thioether (sulfide) groups is 1. The molecule has 0 radical (unpaired) electrons. The summed E-state index contributed by atoms with van der Waals surface area (Å²) in [7, 11) is 1.60. The zero-order valence-corrected chi connectivity index (χ0v) is 16.5. The van der Waals surface area contributed by atoms with Crippen molar-refractivity contribution >= 4 is 51.4 Å². The summed E-state index contributed by atoms with van der Waals surface area (Å²) in [5, 5.41) is 14.6. The molecule has 1 aromatic heterocycles. The third-order valence-electron chi connectivity index (χ3n) is 3.52. The number of carbonyl (C=O) groups excluding carboxylic acids is 2. The van der Waals surface area contributed by atoms with Crippen LogP contribution < -0.4 is 21.1 Å². The van der Waals surface area contributed by atoms with Crippen molar-refractivity contribution in [2.45, 2.75) is 4.34 Å². The number of methoxy groups -OCH3 is 1. The molecule has 0 spiro atoms. The Kier molecular flexibility index (Phi) is 6.45. The monoisotopic (exact) mass is 415 g/mol. The van der Waals surface area contributed by atoms with Gasteiger partial charge in [-0.05, 0) is 24.3 Å². The number of carbonyl (C=O) groups is 2. The number of para-hydroxylation sites is 1. The number of hydrogen-bond acceptors (Lipinski definition) is 8. The fourth-order valence-electron chi connectivity index (χ4n) is 2.26. The van der Waals surface area contributed by atoms with Gasteiger partial charge in [-0.1, -0.05) is 41.3 Å². The fraction of sp³-hybridized carbons (Fsp3) is 0.111. The Hall–Kier alpha value is -3.11. The van der Waals surface area contributed by atoms with Gasteiger partial charge in [0, 0.05) is 11.8 Å². The van der Waals surface area contributed by atoms with Gasteiger partial charge in [-0.15, -0.1) is 10.2 Å². The molecule has 0 aliphatic carbocycles. The second kappa shape index (κ2) is 9.20. The van der Waals surface area contributed by atoms with Crippen molar-refractivity contribution in [2.24, 2.45) is 5.73 Å². The standard InChI is InChI=1S/C18H17N5O3S2/c1-26-12-6-4-5-11(9-12)20-17-22-23-18(28-17)27-10-15(24)21-14-8-3-2-7-13(14)16(19)25/h2-9H,10H2,1H3,(H2,19,25)(H,20,22)(H,21,24). The third kappa shape index (κ3) is 5.21. The number of anilines is 3. The molecule has 28 heavy (non-hydrogen) atoms. The van der Waals surface area contributed by atoms with E-state index in [9.17, 15) is 9.59 Å². The fourth-order valence-corrected chi connectivity index (χ4v) is 3.84. The SMILES string of the molecule is COc1cccc(Nc2nnc(SCC(=O)Nc3ccccc3C(N)=O)s2)c1. The average Bonchev–Trinajstić information content (AvgIpc) is 3.14. The molecule has 4 N–H and O–H groups in total. The summed E-state index contributed by atoms with van der Waals surface area (Å²) in [5.41, 5.74) is 6.79. The highest BCUT2D eigenvalue weighted by Gasteiger charge is 2.12. The molecule has 0 bridgehead atoms. The Morgan fingerprint density at radius 1 is 1.18 bits per heavy atom. The average molecular weight is 416 g/mol. The lowest BCUT2D eigenvalue weighted by Gasteiger charge is -2.07. The molecule has 2 aromatic carbocycles. The zero-order chi connectivity index (χ0) is 19.9. The van der Waals surface area contributed by atoms with Crippen LogP contribution in [0.2, 0.25) is 0 Å². The molecule has 144 valence electrons. The van der Waals surface area contributed by atoms with Crippen LogP contribution in [0.25, 0.3) is 0 Å². The van der Waals surface area contributed by atoms with Crippen molar-refractivity contribution in [1.29, 1.82) is 0 Å². The first-order chi connectivity index (χ1) is 13.5. The smallest absolute Gasteiger partial charge is 0.250 e. The number of ether oxygens (including phenoxy) is 1. The Labute approximate surface area is 169 Å². The molecule has 0 saturated carbocycles. The lowest BCUT2D eigenvalue weighted by molar-refractivity contribution is -0.113. The number of hydrogen-bond donors (Lipinski definition) is 3. The van der Waals surface area contributed by atoms with Crippen LogP contribution in [0, 0.1) is 0 Å². The molecule has 3 aromatic rings. The molecule has 0 unspecified atom stereocenters. The van der Waals surface area contributed by atoms with E-state index in [1.54, 1.807) is 31.4 Å². The molecule has 0 saturated heterocycles. The number of nitrogens with zero attached hydrogens (tertiary/aromatic N) is 2. The van der Waals surface area contributed by atoms with Crippen molar-refractivity contribution < 1.29 is 14.3 Å². The first kappa shape index (κ1) is 19.6. The first-order valence-electron chi connectivity index (χ1n) is 8.11. The maximum absolute atomic E-state index is 12.2. The molecule has 0 fully saturated rings. The van der Waals surface area contributed by atoms with Gasteiger partial charge in [-0.3, -0.25) is 9.59 Å². The van der Waals surface area contributed by atoms with E-state index in [1.165, 1.54) is 23.1 Å². The van der Waals surface area contributed by atoms with Gasteiger partial charge in [0.05, 0.1) is 24.1 Å². The molecule has 0 aliphatic heterocycles. The van der Waals surface area contributed by atoms with Crippen molar-refractivity contribution in [3.8, 4) is 5.75 Å². The van der Waals surface area contributed by atoms with E-state index in [-0.39, 0.29) is 17.2 Å². The van der Waals surface area contributed by atoms with Crippen molar-refractivity contribution in [1.82, 2.24) is 10.2 Å². The number of nitrogens with two attached hydrogens (primary N) is 1. The van der Waals surface area contributed by atoms with Crippen LogP contribution in [0.4, 0.5) is 16.5 Å². The predicted molar refractivity (Wildman–Crippen MR) is 110 cm³/mol. The molecule has 1 heterocycles. The number of primary amides is 1. The highest BCUT2D eigenvalue weighted by Crippen LogP contribution is 2.29. The Morgan fingerprint density at radius 2 is 2.00 bits per heavy atom. The summed E-state index contributed by atoms with van der Waals surface area (Å²) in [4.78, 5) is 23.6. The maximum atomic E-state index is 12.2. The highest BCUT2D eigenvalue weighted by molar-refractivity contribution is 8.01. The second-order valence-corrected chi connectivity index (χ2v) is 7.68. The van der Waals surface area contributed by atoms with E-state index in [1.807, 2.05) is 24.3 Å². The molecule has 0 aliphatic rings. The number of nitrogens with one attached hydrogen (secondary N) is 2. The van der Waals surface area contributed by atoms with Gasteiger partial charge in [-0.2, -0.15) is 0 Å². The normalized spacial score (nSPS) is 10.3. The van der Waals surface area contributed by atoms with Crippen LogP contribution in [0.1, 0.15) is 10.4 Å². The van der Waals surface area contributed by atoms with Crippen molar-refractivity contribution in [3.05, 3.63) is 54.1 Å². The zero-order valence-electron chi connectivity index (χ0n) is 14.8. The lowest BCUT2D eigenvalue weighted by Crippen LogP contribution is -2.19. The van der Waals surface area contributed by atoms with Crippen LogP contribution in [0.5, 0.6) is 5.75 Å². The summed E-state index contributed by atoms with van der Waals surface area (Å²) in [6.07, 6.45) is 0. The van der Waals surface area contributed by atoms with E-state index in [4.69, 9.17) is 10.5 Å². The molecular formula is C18H17N5O3S2. The summed E-state index contributed by atoms with van der Waals surface area (Å²) in [6.45, 7) is 0. The number of amides is 2. The third-order valence-corrected chi connectivity index (χ3v) is 5.49. The molecule has 3 rings (SSSR count). The topological polar surface area (TPSA) is 119 Å². The summed E-state index contributed by atoms with van der Waals surface area (Å²) < 4.78 is 5.83. The maximum Gasteiger partial charge on any atom is 0.250 e. The van der Waals surface area contributed by atoms with E-state index < -0.39 is 5.91 Å². The van der Waals surface area contributed by atoms with Gasteiger partial charge in [-0.25, -0.2) is 0 Å². The Morgan fingerprint density at radius 3 is 2.79 bits per heavy atom. The van der Waals surface area contributed by atoms with Crippen LogP contribution in [-0.4, -0.2) is 34.9 Å². The minimum atomic E-state index is -0.596. The largest absolute Gasteiger partial charge is 0.497 e. The highest BCUT2D eigenvalue weighted by atomic mass is 32.2. The van der Waals surface area contributed by atoms with Crippen LogP contribution in [0.3, 0.4) is 0 Å². The molecule has 8 nitrogen and oxygen atoms in total. The van der Waals surface area contributed by atoms with Gasteiger partial charge < -0.3 is 21.1 Å². The van der Waals surface area contributed by atoms with Crippen LogP contribution >= 0.6 is 23.1 Å². The van der Waals surface area contributed by atoms with E-state index in [0.29, 0.717) is 15.2 Å². The molecular weight excluding hydrogens is 398 g/mol. The molecule has 0 atom stereocenters. The van der Waals surface area contributed by atoms with E-state index in [0.717, 1.165) is 11.4 Å². The Bertz CT molecular complexity index is 993. The van der Waals surface area contributed by atoms with Gasteiger partial charge >= 0.3 is 0 Å². The lowest BCUT2D eigenvalue weighted by atomic mass is 10.1. The Balaban J connectivity index is 1.55. The summed E-state index contributed by atoms with van der Waals surface area (Å²) in [5.74, 6) is -0.00452. The number of aromatic nitrogens is 2.